The van der Waals surface area contributed by atoms with Crippen molar-refractivity contribution >= 4 is 54.5 Å². The van der Waals surface area contributed by atoms with E-state index in [9.17, 15) is 16.4 Å². The second kappa shape index (κ2) is 12.4. The van der Waals surface area contributed by atoms with E-state index in [4.69, 9.17) is 26.0 Å². The molecule has 4 nitrogen and oxygen atoms in total. The molecule has 0 aliphatic rings. The van der Waals surface area contributed by atoms with Gasteiger partial charge in [0.1, 0.15) is 0 Å². The molecule has 11 rings (SSSR count). The Bertz CT molecular complexity index is 4970. The van der Waals surface area contributed by atoms with E-state index < -0.39 is 287 Å². The standard InChI is InChI=1S/C51H34N4/c1-33-19-21-34(22-20-33)35-23-25-36(26-24-35)50-40-13-5-8-16-43(40)52-51(53-50)37-27-29-39(30-28-37)55-45-18-10-7-15-42(45)49-47(55)32-31-46-48(49)41-14-6-9-17-44(41)54(46)38-11-3-2-4-12-38/h2-32H,1H3/i2D,3D,4D,5D,6D,7D,8D,9D,10D,11D,12D,13D,14D,15D,16D,17D,18D,19D,20D,21D,22D,23D,24D,25D,26D,27D,28D,29D,30D,31D,32D. The van der Waals surface area contributed by atoms with Gasteiger partial charge in [-0.3, -0.25) is 0 Å². The summed E-state index contributed by atoms with van der Waals surface area (Å²) in [6, 6.07) is -28.2. The summed E-state index contributed by atoms with van der Waals surface area (Å²) in [5.74, 6) is -0.893. The van der Waals surface area contributed by atoms with Gasteiger partial charge in [0.25, 0.3) is 0 Å². The molecule has 55 heavy (non-hydrogen) atoms. The van der Waals surface area contributed by atoms with Crippen LogP contribution < -0.4 is 0 Å². The van der Waals surface area contributed by atoms with Crippen molar-refractivity contribution in [2.24, 2.45) is 0 Å². The first-order chi connectivity index (χ1) is 40.1. The average Bonchev–Trinajstić information content (AvgIpc) is 1.50. The van der Waals surface area contributed by atoms with Crippen LogP contribution in [0.1, 0.15) is 48.1 Å². The van der Waals surface area contributed by atoms with Gasteiger partial charge in [0, 0.05) is 49.4 Å². The fourth-order valence-corrected chi connectivity index (χ4v) is 6.37. The van der Waals surface area contributed by atoms with Gasteiger partial charge in [-0.1, -0.05) is 126 Å². The van der Waals surface area contributed by atoms with Crippen LogP contribution in [-0.4, -0.2) is 19.1 Å². The third-order valence-corrected chi connectivity index (χ3v) is 8.72. The fraction of sp³-hybridized carbons (Fsp3) is 0.0196. The number of benzene rings is 8. The summed E-state index contributed by atoms with van der Waals surface area (Å²) in [6.45, 7) is 1.30. The Balaban J connectivity index is 1.29. The number of para-hydroxylation sites is 4. The second-order valence-corrected chi connectivity index (χ2v) is 11.9. The topological polar surface area (TPSA) is 35.6 Å². The Morgan fingerprint density at radius 2 is 0.855 bits per heavy atom. The largest absolute Gasteiger partial charge is 0.309 e. The van der Waals surface area contributed by atoms with Gasteiger partial charge in [0.05, 0.1) is 75.8 Å². The zero-order chi connectivity index (χ0) is 63.4. The molecular formula is C51H34N4. The normalized spacial score (nSPS) is 19.6. The van der Waals surface area contributed by atoms with Crippen molar-refractivity contribution in [3.05, 3.63) is 193 Å². The van der Waals surface area contributed by atoms with E-state index in [2.05, 4.69) is 9.97 Å². The maximum absolute atomic E-state index is 9.75. The first-order valence-corrected chi connectivity index (χ1v) is 16.2. The van der Waals surface area contributed by atoms with Crippen LogP contribution in [0, 0.1) is 6.92 Å². The van der Waals surface area contributed by atoms with E-state index in [0.717, 1.165) is 4.57 Å². The maximum Gasteiger partial charge on any atom is 0.160 e. The first kappa shape index (κ1) is 13.2. The van der Waals surface area contributed by atoms with Crippen LogP contribution in [0.2, 0.25) is 0 Å². The highest BCUT2D eigenvalue weighted by Gasteiger charge is 2.20. The molecule has 258 valence electrons. The molecule has 0 spiro atoms. The smallest absolute Gasteiger partial charge is 0.160 e. The lowest BCUT2D eigenvalue weighted by Gasteiger charge is -2.12. The Morgan fingerprint density at radius 3 is 1.47 bits per heavy atom. The van der Waals surface area contributed by atoms with Gasteiger partial charge in [-0.2, -0.15) is 0 Å². The van der Waals surface area contributed by atoms with Crippen LogP contribution in [0.3, 0.4) is 0 Å². The molecule has 11 aromatic rings. The molecule has 0 radical (unpaired) electrons. The maximum atomic E-state index is 9.75. The van der Waals surface area contributed by atoms with E-state index in [1.807, 2.05) is 0 Å². The quantitative estimate of drug-likeness (QED) is 0.177. The third kappa shape index (κ3) is 4.99. The minimum atomic E-state index is -1.12. The van der Waals surface area contributed by atoms with Crippen LogP contribution in [0.5, 0.6) is 0 Å². The van der Waals surface area contributed by atoms with Crippen molar-refractivity contribution in [2.45, 2.75) is 6.92 Å². The Labute approximate surface area is 361 Å². The van der Waals surface area contributed by atoms with Crippen molar-refractivity contribution in [1.29, 1.82) is 0 Å². The summed E-state index contributed by atoms with van der Waals surface area (Å²) in [4.78, 5) is 8.73. The average molecular weight is 734 g/mol. The molecule has 0 aliphatic heterocycles. The third-order valence-electron chi connectivity index (χ3n) is 8.72. The van der Waals surface area contributed by atoms with Crippen molar-refractivity contribution < 1.29 is 42.5 Å². The number of nitrogens with zero attached hydrogens (tertiary/aromatic N) is 4. The van der Waals surface area contributed by atoms with Crippen molar-refractivity contribution in [3.8, 4) is 45.1 Å². The molecule has 0 aliphatic carbocycles. The molecular weight excluding hydrogens is 669 g/mol. The van der Waals surface area contributed by atoms with Crippen LogP contribution >= 0.6 is 0 Å². The summed E-state index contributed by atoms with van der Waals surface area (Å²) in [6.07, 6.45) is 0. The summed E-state index contributed by atoms with van der Waals surface area (Å²) >= 11 is 0. The molecule has 0 saturated heterocycles. The van der Waals surface area contributed by atoms with E-state index in [1.54, 1.807) is 0 Å². The molecule has 0 atom stereocenters. The summed E-state index contributed by atoms with van der Waals surface area (Å²) in [5, 5.41) is -2.77. The monoisotopic (exact) mass is 733 g/mol. The number of aromatic nitrogens is 4. The molecule has 0 amide bonds. The molecule has 4 heteroatoms. The van der Waals surface area contributed by atoms with Gasteiger partial charge >= 0.3 is 0 Å². The van der Waals surface area contributed by atoms with E-state index >= 15 is 0 Å². The van der Waals surface area contributed by atoms with Crippen LogP contribution in [0.4, 0.5) is 0 Å². The molecule has 0 unspecified atom stereocenters. The van der Waals surface area contributed by atoms with Gasteiger partial charge in [-0.05, 0) is 84.5 Å². The van der Waals surface area contributed by atoms with Gasteiger partial charge in [0.2, 0.25) is 0 Å². The SMILES string of the molecule is [2H]c1c([2H])c([2H])c(-n2c3c([2H])c([2H])c([2H])c([2H])c3c3c4c5c([2H])c([2H])c([2H])c([2H])c5n(-c5c([2H])c([2H])c(-c6nc(-c7c([2H])c([2H])c(-c8c([2H])c([2H])c(C)c([2H])c8[2H])c([2H])c7[2H])c7c([2H])c([2H])c([2H])c([2H])c7n6)c([2H])c5[2H])c4c([2H])c([2H])c32)c([2H])c1[2H]. The lowest BCUT2D eigenvalue weighted by molar-refractivity contribution is 1.17. The van der Waals surface area contributed by atoms with Crippen molar-refractivity contribution in [3.63, 3.8) is 0 Å². The van der Waals surface area contributed by atoms with Crippen molar-refractivity contribution in [1.82, 2.24) is 19.1 Å². The molecule has 0 N–H and O–H groups in total. The summed E-state index contributed by atoms with van der Waals surface area (Å²) in [7, 11) is 0. The second-order valence-electron chi connectivity index (χ2n) is 11.9. The predicted octanol–water partition coefficient (Wildman–Crippen LogP) is 13.1. The minimum Gasteiger partial charge on any atom is -0.309 e. The van der Waals surface area contributed by atoms with Crippen LogP contribution in [0.25, 0.3) is 99.7 Å². The van der Waals surface area contributed by atoms with E-state index in [0.29, 0.717) is 4.57 Å². The van der Waals surface area contributed by atoms with Crippen molar-refractivity contribution in [2.75, 3.05) is 0 Å². The number of hydrogen-bond donors (Lipinski definition) is 0. The van der Waals surface area contributed by atoms with E-state index in [-0.39, 0.29) is 5.56 Å². The zero-order valence-corrected chi connectivity index (χ0v) is 27.8. The van der Waals surface area contributed by atoms with E-state index in [1.165, 1.54) is 6.92 Å². The first-order valence-electron chi connectivity index (χ1n) is 31.7. The lowest BCUT2D eigenvalue weighted by atomic mass is 10.00. The summed E-state index contributed by atoms with van der Waals surface area (Å²) in [5.41, 5.74) is -8.79. The number of hydrogen-bond acceptors (Lipinski definition) is 2. The molecule has 0 bridgehead atoms. The fourth-order valence-electron chi connectivity index (χ4n) is 6.37. The van der Waals surface area contributed by atoms with Crippen LogP contribution in [0.15, 0.2) is 187 Å². The Kier molecular flexibility index (Phi) is 2.98. The summed E-state index contributed by atoms with van der Waals surface area (Å²) < 4.78 is 281. The van der Waals surface area contributed by atoms with Gasteiger partial charge < -0.3 is 9.13 Å². The minimum absolute atomic E-state index is 0.0857. The highest BCUT2D eigenvalue weighted by Crippen LogP contribution is 2.42. The van der Waals surface area contributed by atoms with Gasteiger partial charge in [-0.15, -0.1) is 0 Å². The lowest BCUT2D eigenvalue weighted by Crippen LogP contribution is -1.97. The Morgan fingerprint density at radius 1 is 0.382 bits per heavy atom. The number of fused-ring (bicyclic) bond motifs is 8. The molecule has 3 heterocycles. The van der Waals surface area contributed by atoms with Gasteiger partial charge in [-0.25, -0.2) is 9.97 Å². The molecule has 0 saturated carbocycles. The number of rotatable bonds is 5. The van der Waals surface area contributed by atoms with Gasteiger partial charge in [0.15, 0.2) is 5.82 Å². The van der Waals surface area contributed by atoms with Crippen LogP contribution in [-0.2, 0) is 0 Å². The Hall–Kier alpha value is -7.30. The molecule has 8 aromatic carbocycles. The zero-order valence-electron chi connectivity index (χ0n) is 58.8. The predicted molar refractivity (Wildman–Crippen MR) is 229 cm³/mol. The molecule has 3 aromatic heterocycles. The highest BCUT2D eigenvalue weighted by atomic mass is 15.0. The highest BCUT2D eigenvalue weighted by molar-refractivity contribution is 6.28. The molecule has 0 fully saturated rings.